The fourth-order valence-corrected chi connectivity index (χ4v) is 11.8. The molecule has 0 aliphatic rings. The van der Waals surface area contributed by atoms with E-state index in [0.29, 0.717) is 27.9 Å². The van der Waals surface area contributed by atoms with E-state index >= 15 is 0 Å². The number of aliphatic carboxylic acids is 3. The van der Waals surface area contributed by atoms with E-state index in [9.17, 15) is 96.5 Å². The number of primary amides is 2. The SMILES string of the molecule is CSCC[C@H](NC(=O)[C@H](CC(C)C)NC(=O)[C@H](Cc1cnc[nH]1)NC(=O)CNC(=O)[C@@H](NC(=O)[C@H](C)NC(=O)[C@H](Cc1c[nH]c2ccccc12)NC(=O)[C@H](CCC(N)=O)NC(=O)[C@H](CC(N)=O)NC(=O)CNC(=O)[C@H](CC(C)C)NC(=O)[C@H](CCCNC(=N)N)NC(=O)[C@H](CCC(=O)O)NC(=O)[C@@H](N)CCC(=O)O)C(C)C)C(=O)O. The minimum absolute atomic E-state index is 0.0104. The topological polar surface area (TPSA) is 709 Å². The maximum Gasteiger partial charge on any atom is 0.326 e. The Morgan fingerprint density at radius 1 is 0.487 bits per heavy atom. The molecule has 0 saturated heterocycles. The molecule has 15 amide bonds. The van der Waals surface area contributed by atoms with Crippen molar-refractivity contribution >= 4 is 135 Å². The van der Waals surface area contributed by atoms with Gasteiger partial charge in [-0.2, -0.15) is 11.8 Å². The number of imidazole rings is 1. The molecule has 3 aromatic rings. The number of thioether (sulfide) groups is 1. The van der Waals surface area contributed by atoms with Crippen molar-refractivity contribution in [1.29, 1.82) is 5.41 Å². The zero-order valence-electron chi connectivity index (χ0n) is 65.3. The highest BCUT2D eigenvalue weighted by molar-refractivity contribution is 7.98. The Balaban J connectivity index is 1.85. The normalized spacial score (nSPS) is 14.3. The van der Waals surface area contributed by atoms with E-state index in [-0.39, 0.29) is 69.7 Å². The first-order valence-corrected chi connectivity index (χ1v) is 38.4. The Morgan fingerprint density at radius 2 is 0.965 bits per heavy atom. The molecule has 28 N–H and O–H groups in total. The highest BCUT2D eigenvalue weighted by Gasteiger charge is 2.37. The summed E-state index contributed by atoms with van der Waals surface area (Å²) in [6.45, 7) is 9.56. The maximum atomic E-state index is 14.6. The number of fused-ring (bicyclic) bond motifs is 1. The first-order chi connectivity index (χ1) is 54.1. The average Bonchev–Trinajstić information content (AvgIpc) is 1.65. The summed E-state index contributed by atoms with van der Waals surface area (Å²) in [5, 5.41) is 70.7. The molecule has 0 fully saturated rings. The summed E-state index contributed by atoms with van der Waals surface area (Å²) in [5.41, 5.74) is 23.7. The Bertz CT molecular complexity index is 3890. The molecular weight excluding hydrogens is 1530 g/mol. The van der Waals surface area contributed by atoms with E-state index in [4.69, 9.17) is 33.5 Å². The molecule has 3 rings (SSSR count). The van der Waals surface area contributed by atoms with Crippen LogP contribution in [0.1, 0.15) is 137 Å². The second-order valence-electron chi connectivity index (χ2n) is 28.4. The number of aromatic nitrogens is 3. The number of rotatable bonds is 54. The Morgan fingerprint density at radius 3 is 1.50 bits per heavy atom. The molecule has 0 saturated carbocycles. The van der Waals surface area contributed by atoms with Crippen molar-refractivity contribution in [3.63, 3.8) is 0 Å². The lowest BCUT2D eigenvalue weighted by Gasteiger charge is -2.27. The van der Waals surface area contributed by atoms with Crippen LogP contribution in [-0.2, 0) is 99.1 Å². The van der Waals surface area contributed by atoms with Crippen LogP contribution >= 0.6 is 11.8 Å². The van der Waals surface area contributed by atoms with Gasteiger partial charge in [-0.3, -0.25) is 86.9 Å². The lowest BCUT2D eigenvalue weighted by Crippen LogP contribution is -2.60. The van der Waals surface area contributed by atoms with Crippen molar-refractivity contribution in [2.45, 2.75) is 211 Å². The van der Waals surface area contributed by atoms with Gasteiger partial charge in [0.1, 0.15) is 66.5 Å². The monoisotopic (exact) mass is 1640 g/mol. The number of nitrogens with zero attached hydrogens (tertiary/aromatic N) is 1. The molecule has 0 radical (unpaired) electrons. The fourth-order valence-electron chi connectivity index (χ4n) is 11.3. The van der Waals surface area contributed by atoms with Gasteiger partial charge in [-0.25, -0.2) is 9.78 Å². The van der Waals surface area contributed by atoms with E-state index in [0.717, 1.165) is 0 Å². The van der Waals surface area contributed by atoms with Crippen LogP contribution < -0.4 is 97.4 Å². The van der Waals surface area contributed by atoms with E-state index in [2.05, 4.69) is 89.4 Å². The summed E-state index contributed by atoms with van der Waals surface area (Å²) in [6, 6.07) is -11.3. The van der Waals surface area contributed by atoms with E-state index < -0.39 is 243 Å². The number of guanidine groups is 1. The van der Waals surface area contributed by atoms with Gasteiger partial charge in [-0.1, -0.05) is 59.7 Å². The second-order valence-corrected chi connectivity index (χ2v) is 29.4. The minimum Gasteiger partial charge on any atom is -0.481 e. The predicted molar refractivity (Wildman–Crippen MR) is 415 cm³/mol. The molecule has 2 heterocycles. The number of amides is 15. The Hall–Kier alpha value is -12.0. The Labute approximate surface area is 666 Å². The number of hydrogen-bond donors (Lipinski definition) is 24. The molecule has 44 heteroatoms. The molecule has 0 unspecified atom stereocenters. The average molecular weight is 1640 g/mol. The van der Waals surface area contributed by atoms with Crippen LogP contribution in [0.2, 0.25) is 0 Å². The molecule has 0 spiro atoms. The van der Waals surface area contributed by atoms with Crippen molar-refractivity contribution in [2.24, 2.45) is 40.7 Å². The Kier molecular flexibility index (Phi) is 41.8. The summed E-state index contributed by atoms with van der Waals surface area (Å²) < 4.78 is 0. The largest absolute Gasteiger partial charge is 0.481 e. The summed E-state index contributed by atoms with van der Waals surface area (Å²) in [6.07, 6.45) is 1.29. The van der Waals surface area contributed by atoms with Crippen LogP contribution in [0.25, 0.3) is 10.9 Å². The molecule has 43 nitrogen and oxygen atoms in total. The first-order valence-electron chi connectivity index (χ1n) is 37.0. The van der Waals surface area contributed by atoms with Crippen LogP contribution in [0.3, 0.4) is 0 Å². The van der Waals surface area contributed by atoms with Gasteiger partial charge in [-0.15, -0.1) is 0 Å². The van der Waals surface area contributed by atoms with Gasteiger partial charge in [0.25, 0.3) is 0 Å². The number of carbonyl (C=O) groups excluding carboxylic acids is 15. The van der Waals surface area contributed by atoms with Crippen molar-refractivity contribution in [1.82, 2.24) is 89.4 Å². The predicted octanol–water partition coefficient (Wildman–Crippen LogP) is -5.69. The van der Waals surface area contributed by atoms with Gasteiger partial charge < -0.3 is 123 Å². The highest BCUT2D eigenvalue weighted by Crippen LogP contribution is 2.20. The third-order valence-electron chi connectivity index (χ3n) is 17.4. The summed E-state index contributed by atoms with van der Waals surface area (Å²) in [5.74, 6) is -20.2. The first kappa shape index (κ1) is 97.2. The quantitative estimate of drug-likeness (QED) is 0.0142. The van der Waals surface area contributed by atoms with E-state index in [1.165, 1.54) is 31.2 Å². The number of benzene rings is 1. The van der Waals surface area contributed by atoms with Crippen LogP contribution in [0.15, 0.2) is 43.0 Å². The second kappa shape index (κ2) is 49.5. The number of aromatic amines is 2. The molecule has 12 atom stereocenters. The number of H-pyrrole nitrogens is 2. The molecule has 636 valence electrons. The standard InChI is InChI=1S/C71H110N22O21S/c1-34(2)24-47(90-62(105)43(14-11-22-78-71(75)76)87-63(106)45(17-20-57(100)101)86-60(103)41(72)15-19-56(98)99)61(104)80-31-54(96)85-51(28-53(74)95)68(111)88-44(16-18-52(73)94)64(107)92-49(26-38-29-79-42-13-10-9-12-40(38)42)65(108)83-37(7)59(102)93-58(36(5)6)69(112)81-32-55(97)84-50(27-39-30-77-33-82-39)67(110)91-48(25-35(3)4)66(109)89-46(70(113)114)21-23-115-8/h9-10,12-13,29-30,33-37,41,43-51,58,79H,11,14-28,31-32,72H2,1-8H3,(H2,73,94)(H2,74,95)(H,77,82)(H,80,104)(H,81,112)(H,83,108)(H,84,97)(H,85,96)(H,86,103)(H,87,106)(H,88,111)(H,89,109)(H,90,105)(H,91,110)(H,92,107)(H,93,102)(H,98,99)(H,100,101)(H,113,114)(H4,75,76,78)/t37-,41-,43-,44-,45-,46-,47-,48-,49-,50-,51-,58-/m0/s1. The molecule has 0 aliphatic carbocycles. The lowest BCUT2D eigenvalue weighted by atomic mass is 10.0. The summed E-state index contributed by atoms with van der Waals surface area (Å²) in [7, 11) is 0. The van der Waals surface area contributed by atoms with Crippen LogP contribution in [-0.4, -0.2) is 247 Å². The van der Waals surface area contributed by atoms with Crippen molar-refractivity contribution in [3.8, 4) is 0 Å². The van der Waals surface area contributed by atoms with Crippen LogP contribution in [0.4, 0.5) is 0 Å². The number of carboxylic acids is 3. The van der Waals surface area contributed by atoms with Gasteiger partial charge in [0.05, 0.1) is 31.9 Å². The van der Waals surface area contributed by atoms with E-state index in [1.54, 1.807) is 78.3 Å². The van der Waals surface area contributed by atoms with Crippen molar-refractivity contribution in [2.75, 3.05) is 31.6 Å². The molecule has 0 bridgehead atoms. The molecule has 1 aromatic carbocycles. The van der Waals surface area contributed by atoms with Crippen LogP contribution in [0, 0.1) is 23.2 Å². The van der Waals surface area contributed by atoms with Crippen molar-refractivity contribution in [3.05, 3.63) is 54.2 Å². The van der Waals surface area contributed by atoms with E-state index in [1.807, 2.05) is 0 Å². The summed E-state index contributed by atoms with van der Waals surface area (Å²) in [4.78, 5) is 250. The smallest absolute Gasteiger partial charge is 0.326 e. The molecule has 0 aliphatic heterocycles. The zero-order chi connectivity index (χ0) is 86.3. The third-order valence-corrected chi connectivity index (χ3v) is 18.0. The minimum atomic E-state index is -1.92. The number of nitrogens with one attached hydrogen (secondary N) is 17. The molecule has 2 aromatic heterocycles. The van der Waals surface area contributed by atoms with Crippen LogP contribution in [0.5, 0.6) is 0 Å². The molecular formula is C71H110N22O21S. The lowest BCUT2D eigenvalue weighted by molar-refractivity contribution is -0.142. The molecule has 115 heavy (non-hydrogen) atoms. The number of hydrogen-bond acceptors (Lipinski definition) is 22. The van der Waals surface area contributed by atoms with Crippen molar-refractivity contribution < 1.29 is 102 Å². The summed E-state index contributed by atoms with van der Waals surface area (Å²) >= 11 is 1.38. The van der Waals surface area contributed by atoms with Gasteiger partial charge in [0.2, 0.25) is 88.6 Å². The number of carbonyl (C=O) groups is 18. The van der Waals surface area contributed by atoms with Gasteiger partial charge in [0, 0.05) is 67.6 Å². The highest BCUT2D eigenvalue weighted by atomic mass is 32.2. The number of para-hydroxylation sites is 1. The number of carboxylic acid groups (broad SMARTS) is 3. The van der Waals surface area contributed by atoms with Gasteiger partial charge in [-0.05, 0) is 99.7 Å². The fraction of sp³-hybridized carbons (Fsp3) is 0.577. The number of nitrogens with two attached hydrogens (primary N) is 4. The van der Waals surface area contributed by atoms with Gasteiger partial charge in [0.15, 0.2) is 5.96 Å². The zero-order valence-corrected chi connectivity index (χ0v) is 66.1. The van der Waals surface area contributed by atoms with Gasteiger partial charge >= 0.3 is 17.9 Å². The maximum absolute atomic E-state index is 14.6. The third kappa shape index (κ3) is 36.6.